The van der Waals surface area contributed by atoms with Gasteiger partial charge in [0.25, 0.3) is 0 Å². The summed E-state index contributed by atoms with van der Waals surface area (Å²) in [7, 11) is -5.76. The molecule has 2 atom stereocenters. The zero-order valence-corrected chi connectivity index (χ0v) is 15.3. The van der Waals surface area contributed by atoms with Gasteiger partial charge in [-0.1, -0.05) is 0 Å². The number of ether oxygens (including phenoxy) is 1. The number of nitrogens with one attached hydrogen (secondary N) is 1. The highest BCUT2D eigenvalue weighted by Gasteiger charge is 2.45. The molecule has 9 heteroatoms. The van der Waals surface area contributed by atoms with Gasteiger partial charge in [0.15, 0.2) is 19.7 Å². The van der Waals surface area contributed by atoms with Crippen molar-refractivity contribution in [3.63, 3.8) is 0 Å². The van der Waals surface area contributed by atoms with Crippen LogP contribution in [-0.4, -0.2) is 59.9 Å². The number of hydrogen-bond donors (Lipinski definition) is 1. The lowest BCUT2D eigenvalue weighted by molar-refractivity contribution is 0.193. The van der Waals surface area contributed by atoms with Crippen LogP contribution in [0.2, 0.25) is 0 Å². The van der Waals surface area contributed by atoms with Crippen LogP contribution >= 0.6 is 0 Å². The highest BCUT2D eigenvalue weighted by Crippen LogP contribution is 2.27. The van der Waals surface area contributed by atoms with Crippen LogP contribution in [0.1, 0.15) is 12.0 Å². The fraction of sp³-hybridized carbons (Fsp3) is 0.600. The lowest BCUT2D eigenvalue weighted by Crippen LogP contribution is -2.43. The number of benzene rings is 1. The predicted molar refractivity (Wildman–Crippen MR) is 89.0 cm³/mol. The molecule has 1 aliphatic heterocycles. The second-order valence-electron chi connectivity index (χ2n) is 5.98. The summed E-state index contributed by atoms with van der Waals surface area (Å²) >= 11 is 0. The Morgan fingerprint density at radius 1 is 1.33 bits per heavy atom. The molecule has 0 aromatic heterocycles. The van der Waals surface area contributed by atoms with Gasteiger partial charge in [-0.2, -0.15) is 0 Å². The van der Waals surface area contributed by atoms with Crippen LogP contribution in [0.25, 0.3) is 0 Å². The third-order valence-electron chi connectivity index (χ3n) is 4.09. The van der Waals surface area contributed by atoms with E-state index in [-0.39, 0.29) is 16.2 Å². The van der Waals surface area contributed by atoms with E-state index in [1.165, 1.54) is 19.1 Å². The van der Waals surface area contributed by atoms with E-state index in [9.17, 15) is 21.2 Å². The molecule has 136 valence electrons. The Bertz CT molecular complexity index is 792. The smallest absolute Gasteiger partial charge is 0.183 e. The second kappa shape index (κ2) is 7.47. The summed E-state index contributed by atoms with van der Waals surface area (Å²) in [5, 5.41) is 1.94. The number of aryl methyl sites for hydroxylation is 1. The molecule has 2 rings (SSSR count). The van der Waals surface area contributed by atoms with Crippen molar-refractivity contribution in [2.45, 2.75) is 29.5 Å². The molecule has 0 amide bonds. The van der Waals surface area contributed by atoms with E-state index < -0.39 is 42.5 Å². The van der Waals surface area contributed by atoms with Gasteiger partial charge in [0.2, 0.25) is 0 Å². The summed E-state index contributed by atoms with van der Waals surface area (Å²) in [5.41, 5.74) is 0.210. The molecule has 24 heavy (non-hydrogen) atoms. The molecule has 1 fully saturated rings. The van der Waals surface area contributed by atoms with Crippen LogP contribution in [0, 0.1) is 12.7 Å². The average molecular weight is 379 g/mol. The van der Waals surface area contributed by atoms with Crippen LogP contribution in [0.3, 0.4) is 0 Å². The van der Waals surface area contributed by atoms with Crippen molar-refractivity contribution < 1.29 is 26.0 Å². The Kier molecular flexibility index (Phi) is 6.00. The molecule has 0 spiro atoms. The summed E-state index contributed by atoms with van der Waals surface area (Å²) in [6.07, 6.45) is 0.648. The molecule has 0 bridgehead atoms. The van der Waals surface area contributed by atoms with E-state index in [1.807, 2.05) is 0 Å². The summed E-state index contributed by atoms with van der Waals surface area (Å²) in [6, 6.07) is 2.84. The fourth-order valence-corrected chi connectivity index (χ4v) is 7.58. The van der Waals surface area contributed by atoms with Crippen molar-refractivity contribution in [2.24, 2.45) is 0 Å². The van der Waals surface area contributed by atoms with Crippen molar-refractivity contribution in [2.75, 3.05) is 31.8 Å². The summed E-state index contributed by atoms with van der Waals surface area (Å²) in [4.78, 5) is -0.0489. The van der Waals surface area contributed by atoms with Crippen molar-refractivity contribution in [3.8, 4) is 0 Å². The molecular weight excluding hydrogens is 357 g/mol. The highest BCUT2D eigenvalue weighted by atomic mass is 32.2. The SMILES string of the molecule is COCCCNC1CS(=O)(=O)CC1S(=O)(=O)c1ccc(F)c(C)c1. The Hall–Kier alpha value is -1.03. The van der Waals surface area contributed by atoms with Crippen molar-refractivity contribution in [1.29, 1.82) is 0 Å². The van der Waals surface area contributed by atoms with Gasteiger partial charge in [-0.15, -0.1) is 0 Å². The lowest BCUT2D eigenvalue weighted by atomic mass is 10.2. The molecule has 1 N–H and O–H groups in total. The van der Waals surface area contributed by atoms with Crippen LogP contribution in [0.15, 0.2) is 23.1 Å². The number of methoxy groups -OCH3 is 1. The van der Waals surface area contributed by atoms with Gasteiger partial charge in [0.05, 0.1) is 21.7 Å². The van der Waals surface area contributed by atoms with Gasteiger partial charge >= 0.3 is 0 Å². The molecule has 6 nitrogen and oxygen atoms in total. The van der Waals surface area contributed by atoms with Gasteiger partial charge in [-0.3, -0.25) is 0 Å². The Morgan fingerprint density at radius 2 is 2.04 bits per heavy atom. The Labute approximate surface area is 142 Å². The predicted octanol–water partition coefficient (Wildman–Crippen LogP) is 0.700. The van der Waals surface area contributed by atoms with Crippen molar-refractivity contribution in [1.82, 2.24) is 5.32 Å². The standard InChI is InChI=1S/C15H22FNO5S2/c1-11-8-12(4-5-13(11)16)24(20,21)15-10-23(18,19)9-14(15)17-6-3-7-22-2/h4-5,8,14-15,17H,3,6-7,9-10H2,1-2H3. The van der Waals surface area contributed by atoms with Gasteiger partial charge in [-0.25, -0.2) is 21.2 Å². The van der Waals surface area contributed by atoms with Gasteiger partial charge in [0.1, 0.15) is 5.82 Å². The monoisotopic (exact) mass is 379 g/mol. The third kappa shape index (κ3) is 4.33. The van der Waals surface area contributed by atoms with E-state index in [1.54, 1.807) is 7.11 Å². The van der Waals surface area contributed by atoms with E-state index in [4.69, 9.17) is 4.74 Å². The van der Waals surface area contributed by atoms with E-state index in [0.29, 0.717) is 19.6 Å². The largest absolute Gasteiger partial charge is 0.385 e. The molecule has 1 aliphatic rings. The highest BCUT2D eigenvalue weighted by molar-refractivity contribution is 7.96. The molecule has 1 heterocycles. The lowest BCUT2D eigenvalue weighted by Gasteiger charge is -2.20. The topological polar surface area (TPSA) is 89.5 Å². The van der Waals surface area contributed by atoms with Crippen molar-refractivity contribution >= 4 is 19.7 Å². The molecule has 1 aromatic rings. The number of rotatable bonds is 7. The number of sulfone groups is 2. The minimum Gasteiger partial charge on any atom is -0.385 e. The first-order valence-corrected chi connectivity index (χ1v) is 11.0. The molecule has 1 aromatic carbocycles. The van der Waals surface area contributed by atoms with Gasteiger partial charge < -0.3 is 10.1 Å². The molecule has 0 aliphatic carbocycles. The van der Waals surface area contributed by atoms with Crippen molar-refractivity contribution in [3.05, 3.63) is 29.6 Å². The first kappa shape index (κ1) is 19.3. The average Bonchev–Trinajstić information content (AvgIpc) is 2.82. The summed E-state index contributed by atoms with van der Waals surface area (Å²) < 4.78 is 67.9. The van der Waals surface area contributed by atoms with Gasteiger partial charge in [-0.05, 0) is 43.7 Å². The maximum absolute atomic E-state index is 13.4. The molecule has 2 unspecified atom stereocenters. The van der Waals surface area contributed by atoms with Crippen LogP contribution in [0.5, 0.6) is 0 Å². The van der Waals surface area contributed by atoms with Crippen LogP contribution in [0.4, 0.5) is 4.39 Å². The second-order valence-corrected chi connectivity index (χ2v) is 10.3. The first-order chi connectivity index (χ1) is 11.2. The normalized spacial score (nSPS) is 23.5. The number of halogens is 1. The van der Waals surface area contributed by atoms with Crippen LogP contribution in [-0.2, 0) is 24.4 Å². The third-order valence-corrected chi connectivity index (χ3v) is 8.24. The van der Waals surface area contributed by atoms with E-state index >= 15 is 0 Å². The van der Waals surface area contributed by atoms with E-state index in [2.05, 4.69) is 5.32 Å². The maximum atomic E-state index is 13.4. The maximum Gasteiger partial charge on any atom is 0.183 e. The molecule has 1 saturated heterocycles. The van der Waals surface area contributed by atoms with Crippen LogP contribution < -0.4 is 5.32 Å². The molecule has 0 radical (unpaired) electrons. The summed E-state index contributed by atoms with van der Waals surface area (Å²) in [5.74, 6) is -1.14. The quantitative estimate of drug-likeness (QED) is 0.554. The first-order valence-electron chi connectivity index (χ1n) is 7.60. The molecule has 0 saturated carbocycles. The zero-order valence-electron chi connectivity index (χ0n) is 13.7. The Balaban J connectivity index is 2.26. The van der Waals surface area contributed by atoms with E-state index in [0.717, 1.165) is 6.07 Å². The minimum absolute atomic E-state index is 0.0489. The zero-order chi connectivity index (χ0) is 18.0. The molecular formula is C15H22FNO5S2. The Morgan fingerprint density at radius 3 is 2.67 bits per heavy atom. The minimum atomic E-state index is -3.88. The van der Waals surface area contributed by atoms with Gasteiger partial charge in [0, 0.05) is 19.8 Å². The summed E-state index contributed by atoms with van der Waals surface area (Å²) in [6.45, 7) is 2.43. The number of hydrogen-bond acceptors (Lipinski definition) is 6. The fourth-order valence-electron chi connectivity index (χ4n) is 2.78.